The second kappa shape index (κ2) is 5.46. The van der Waals surface area contributed by atoms with Gasteiger partial charge in [-0.1, -0.05) is 37.9 Å². The first-order valence-corrected chi connectivity index (χ1v) is 8.22. The average Bonchev–Trinajstić information content (AvgIpc) is 2.81. The van der Waals surface area contributed by atoms with Crippen LogP contribution >= 0.6 is 31.9 Å². The molecule has 1 amide bonds. The molecule has 0 heterocycles. The van der Waals surface area contributed by atoms with Crippen LogP contribution in [-0.2, 0) is 16.8 Å². The van der Waals surface area contributed by atoms with E-state index in [9.17, 15) is 4.79 Å². The van der Waals surface area contributed by atoms with E-state index >= 15 is 0 Å². The van der Waals surface area contributed by atoms with E-state index in [0.717, 1.165) is 32.2 Å². The Morgan fingerprint density at radius 3 is 2.43 bits per heavy atom. The summed E-state index contributed by atoms with van der Waals surface area (Å²) in [5, 5.41) is 3.35. The molecule has 5 heteroatoms. The summed E-state index contributed by atoms with van der Waals surface area (Å²) in [4.78, 5) is 12.2. The van der Waals surface area contributed by atoms with Crippen molar-refractivity contribution in [3.63, 3.8) is 0 Å². The normalized spacial score (nSPS) is 20.1. The molecule has 0 spiro atoms. The van der Waals surface area contributed by atoms with E-state index in [2.05, 4.69) is 43.2 Å². The fourth-order valence-corrected chi connectivity index (χ4v) is 3.54. The molecular formula is C16H14Br2N2O. The van der Waals surface area contributed by atoms with Crippen LogP contribution in [0.1, 0.15) is 17.5 Å². The average molecular weight is 410 g/mol. The molecule has 3 N–H and O–H groups in total. The molecule has 3 rings (SSSR count). The Hall–Kier alpha value is -1.33. The van der Waals surface area contributed by atoms with Gasteiger partial charge in [0, 0.05) is 14.6 Å². The third-order valence-corrected chi connectivity index (χ3v) is 4.94. The van der Waals surface area contributed by atoms with E-state index in [1.165, 1.54) is 0 Å². The highest BCUT2D eigenvalue weighted by Gasteiger charge is 2.44. The van der Waals surface area contributed by atoms with Crippen molar-refractivity contribution < 1.29 is 4.79 Å². The minimum atomic E-state index is -0.830. The second-order valence-electron chi connectivity index (χ2n) is 5.20. The summed E-state index contributed by atoms with van der Waals surface area (Å²) in [6.45, 7) is 0. The lowest BCUT2D eigenvalue weighted by Gasteiger charge is -2.29. The lowest BCUT2D eigenvalue weighted by atomic mass is 9.90. The molecule has 2 aromatic carbocycles. The number of hydrogen-bond acceptors (Lipinski definition) is 2. The summed E-state index contributed by atoms with van der Waals surface area (Å²) in [5.41, 5.74) is 7.93. The molecule has 0 radical (unpaired) electrons. The minimum absolute atomic E-state index is 0.341. The molecule has 1 aliphatic rings. The molecule has 1 atom stereocenters. The van der Waals surface area contributed by atoms with Crippen LogP contribution in [0.15, 0.2) is 51.4 Å². The Kier molecular flexibility index (Phi) is 3.80. The standard InChI is InChI=1S/C16H14Br2N2O/c17-11-1-4-13(5-2-11)20-16(15(19)21)8-7-10-9-12(18)3-6-14(10)16/h1-6,9,20H,7-8H2,(H2,19,21). The van der Waals surface area contributed by atoms with Gasteiger partial charge in [-0.05, 0) is 60.4 Å². The number of rotatable bonds is 3. The highest BCUT2D eigenvalue weighted by molar-refractivity contribution is 9.10. The number of fused-ring (bicyclic) bond motifs is 1. The second-order valence-corrected chi connectivity index (χ2v) is 7.03. The predicted octanol–water partition coefficient (Wildman–Crippen LogP) is 3.95. The highest BCUT2D eigenvalue weighted by Crippen LogP contribution is 2.40. The number of halogens is 2. The molecule has 2 aromatic rings. The van der Waals surface area contributed by atoms with Crippen molar-refractivity contribution in [3.8, 4) is 0 Å². The van der Waals surface area contributed by atoms with Crippen molar-refractivity contribution in [2.24, 2.45) is 5.73 Å². The Balaban J connectivity index is 2.03. The smallest absolute Gasteiger partial charge is 0.247 e. The number of aryl methyl sites for hydroxylation is 1. The first-order valence-electron chi connectivity index (χ1n) is 6.64. The Labute approximate surface area is 140 Å². The van der Waals surface area contributed by atoms with Gasteiger partial charge in [-0.25, -0.2) is 0 Å². The zero-order chi connectivity index (χ0) is 15.0. The minimum Gasteiger partial charge on any atom is -0.368 e. The van der Waals surface area contributed by atoms with Gasteiger partial charge in [-0.3, -0.25) is 4.79 Å². The van der Waals surface area contributed by atoms with Crippen molar-refractivity contribution in [3.05, 3.63) is 62.5 Å². The number of nitrogens with one attached hydrogen (secondary N) is 1. The fraction of sp³-hybridized carbons (Fsp3) is 0.188. The van der Waals surface area contributed by atoms with Gasteiger partial charge >= 0.3 is 0 Å². The lowest BCUT2D eigenvalue weighted by molar-refractivity contribution is -0.122. The van der Waals surface area contributed by atoms with Crippen LogP contribution in [0, 0.1) is 0 Å². The molecule has 0 bridgehead atoms. The molecule has 0 aromatic heterocycles. The topological polar surface area (TPSA) is 55.1 Å². The number of hydrogen-bond donors (Lipinski definition) is 2. The van der Waals surface area contributed by atoms with Gasteiger partial charge in [-0.2, -0.15) is 0 Å². The molecule has 108 valence electrons. The molecule has 0 fully saturated rings. The number of nitrogens with two attached hydrogens (primary N) is 1. The molecule has 1 unspecified atom stereocenters. The first kappa shape index (κ1) is 14.6. The summed E-state index contributed by atoms with van der Waals surface area (Å²) in [6, 6.07) is 13.7. The van der Waals surface area contributed by atoms with E-state index in [-0.39, 0.29) is 5.91 Å². The van der Waals surface area contributed by atoms with Crippen molar-refractivity contribution in [2.75, 3.05) is 5.32 Å². The lowest BCUT2D eigenvalue weighted by Crippen LogP contribution is -2.46. The van der Waals surface area contributed by atoms with Crippen LogP contribution in [0.5, 0.6) is 0 Å². The summed E-state index contributed by atoms with van der Waals surface area (Å²) in [6.07, 6.45) is 1.51. The third-order valence-electron chi connectivity index (χ3n) is 3.92. The van der Waals surface area contributed by atoms with Gasteiger partial charge < -0.3 is 11.1 Å². The van der Waals surface area contributed by atoms with Crippen molar-refractivity contribution in [1.29, 1.82) is 0 Å². The summed E-state index contributed by atoms with van der Waals surface area (Å²) in [7, 11) is 0. The number of anilines is 1. The Morgan fingerprint density at radius 1 is 1.10 bits per heavy atom. The number of primary amides is 1. The SMILES string of the molecule is NC(=O)C1(Nc2ccc(Br)cc2)CCc2cc(Br)ccc21. The zero-order valence-electron chi connectivity index (χ0n) is 11.2. The van der Waals surface area contributed by atoms with Crippen LogP contribution in [-0.4, -0.2) is 5.91 Å². The van der Waals surface area contributed by atoms with Crippen LogP contribution < -0.4 is 11.1 Å². The maximum Gasteiger partial charge on any atom is 0.247 e. The van der Waals surface area contributed by atoms with Gasteiger partial charge in [0.05, 0.1) is 0 Å². The van der Waals surface area contributed by atoms with Crippen molar-refractivity contribution in [2.45, 2.75) is 18.4 Å². The monoisotopic (exact) mass is 408 g/mol. The number of amides is 1. The number of benzene rings is 2. The fourth-order valence-electron chi connectivity index (χ4n) is 2.87. The maximum atomic E-state index is 12.2. The highest BCUT2D eigenvalue weighted by atomic mass is 79.9. The molecule has 0 aliphatic heterocycles. The van der Waals surface area contributed by atoms with Gasteiger partial charge in [0.15, 0.2) is 0 Å². The summed E-state index contributed by atoms with van der Waals surface area (Å²) >= 11 is 6.88. The number of carbonyl (C=O) groups is 1. The van der Waals surface area contributed by atoms with Gasteiger partial charge in [-0.15, -0.1) is 0 Å². The van der Waals surface area contributed by atoms with Crippen molar-refractivity contribution >= 4 is 43.5 Å². The number of carbonyl (C=O) groups excluding carboxylic acids is 1. The maximum absolute atomic E-state index is 12.2. The van der Waals surface area contributed by atoms with Crippen molar-refractivity contribution in [1.82, 2.24) is 0 Å². The summed E-state index contributed by atoms with van der Waals surface area (Å²) < 4.78 is 2.02. The van der Waals surface area contributed by atoms with E-state index < -0.39 is 5.54 Å². The van der Waals surface area contributed by atoms with E-state index in [0.29, 0.717) is 6.42 Å². The zero-order valence-corrected chi connectivity index (χ0v) is 14.4. The molecule has 1 aliphatic carbocycles. The first-order chi connectivity index (χ1) is 10.0. The van der Waals surface area contributed by atoms with Crippen LogP contribution in [0.25, 0.3) is 0 Å². The van der Waals surface area contributed by atoms with E-state index in [4.69, 9.17) is 5.73 Å². The van der Waals surface area contributed by atoms with Crippen LogP contribution in [0.2, 0.25) is 0 Å². The predicted molar refractivity (Wildman–Crippen MR) is 91.1 cm³/mol. The van der Waals surface area contributed by atoms with Gasteiger partial charge in [0.25, 0.3) is 0 Å². The quantitative estimate of drug-likeness (QED) is 0.806. The van der Waals surface area contributed by atoms with Gasteiger partial charge in [0.1, 0.15) is 5.54 Å². The van der Waals surface area contributed by atoms with Crippen LogP contribution in [0.3, 0.4) is 0 Å². The largest absolute Gasteiger partial charge is 0.368 e. The third kappa shape index (κ3) is 2.60. The van der Waals surface area contributed by atoms with E-state index in [1.54, 1.807) is 0 Å². The Bertz CT molecular complexity index is 700. The summed E-state index contributed by atoms with van der Waals surface area (Å²) in [5.74, 6) is -0.341. The molecular weight excluding hydrogens is 396 g/mol. The molecule has 0 saturated heterocycles. The van der Waals surface area contributed by atoms with E-state index in [1.807, 2.05) is 36.4 Å². The Morgan fingerprint density at radius 2 is 1.76 bits per heavy atom. The van der Waals surface area contributed by atoms with Crippen LogP contribution in [0.4, 0.5) is 5.69 Å². The molecule has 0 saturated carbocycles. The molecule has 3 nitrogen and oxygen atoms in total. The van der Waals surface area contributed by atoms with Gasteiger partial charge in [0.2, 0.25) is 5.91 Å². The molecule has 21 heavy (non-hydrogen) atoms.